The summed E-state index contributed by atoms with van der Waals surface area (Å²) in [4.78, 5) is 18.0. The number of halogens is 1. The molecule has 1 amide bonds. The monoisotopic (exact) mass is 537 g/mol. The van der Waals surface area contributed by atoms with Gasteiger partial charge >= 0.3 is 0 Å². The SMILES string of the molecule is CCOCCn1c(=NC(=O)c2ccc(S(=O)(=O)N3CCCC3)cc2)sc2cc(Br)ccc21. The van der Waals surface area contributed by atoms with Gasteiger partial charge in [0.05, 0.1) is 21.7 Å². The maximum Gasteiger partial charge on any atom is 0.279 e. The minimum atomic E-state index is -3.51. The topological polar surface area (TPSA) is 81.0 Å². The molecule has 170 valence electrons. The molecule has 0 atom stereocenters. The number of sulfonamides is 1. The summed E-state index contributed by atoms with van der Waals surface area (Å²) in [5.41, 5.74) is 1.33. The number of carbonyl (C=O) groups excluding carboxylic acids is 1. The van der Waals surface area contributed by atoms with Gasteiger partial charge in [-0.2, -0.15) is 9.30 Å². The summed E-state index contributed by atoms with van der Waals surface area (Å²) in [6.45, 7) is 4.74. The van der Waals surface area contributed by atoms with E-state index in [1.807, 2.05) is 29.7 Å². The van der Waals surface area contributed by atoms with Crippen LogP contribution in [-0.4, -0.2) is 49.5 Å². The van der Waals surface area contributed by atoms with Gasteiger partial charge in [0.2, 0.25) is 10.0 Å². The zero-order chi connectivity index (χ0) is 22.7. The summed E-state index contributed by atoms with van der Waals surface area (Å²) >= 11 is 4.92. The number of nitrogens with zero attached hydrogens (tertiary/aromatic N) is 3. The van der Waals surface area contributed by atoms with E-state index in [9.17, 15) is 13.2 Å². The maximum absolute atomic E-state index is 12.9. The number of ether oxygens (including phenoxy) is 1. The van der Waals surface area contributed by atoms with Crippen LogP contribution < -0.4 is 4.80 Å². The molecule has 1 aliphatic rings. The largest absolute Gasteiger partial charge is 0.380 e. The molecular weight excluding hydrogens is 514 g/mol. The average Bonchev–Trinajstić information content (AvgIpc) is 3.43. The highest BCUT2D eigenvalue weighted by Gasteiger charge is 2.27. The first-order valence-corrected chi connectivity index (χ1v) is 13.5. The van der Waals surface area contributed by atoms with E-state index in [2.05, 4.69) is 20.9 Å². The van der Waals surface area contributed by atoms with Crippen molar-refractivity contribution in [2.45, 2.75) is 31.2 Å². The van der Waals surface area contributed by atoms with Crippen LogP contribution >= 0.6 is 27.3 Å². The number of amides is 1. The van der Waals surface area contributed by atoms with Crippen molar-refractivity contribution in [3.8, 4) is 0 Å². The van der Waals surface area contributed by atoms with E-state index in [0.29, 0.717) is 43.2 Å². The quantitative estimate of drug-likeness (QED) is 0.426. The van der Waals surface area contributed by atoms with Gasteiger partial charge in [0.25, 0.3) is 5.91 Å². The lowest BCUT2D eigenvalue weighted by molar-refractivity contribution is 0.0996. The Hall–Kier alpha value is -1.85. The molecule has 0 N–H and O–H groups in total. The fourth-order valence-corrected chi connectivity index (χ4v) is 6.77. The summed E-state index contributed by atoms with van der Waals surface area (Å²) in [5.74, 6) is -0.411. The maximum atomic E-state index is 12.9. The normalized spacial score (nSPS) is 15.6. The number of hydrogen-bond acceptors (Lipinski definition) is 5. The molecule has 4 rings (SSSR count). The van der Waals surface area contributed by atoms with Crippen molar-refractivity contribution in [1.29, 1.82) is 0 Å². The molecule has 1 saturated heterocycles. The fraction of sp³-hybridized carbons (Fsp3) is 0.364. The number of aromatic nitrogens is 1. The zero-order valence-electron chi connectivity index (χ0n) is 17.7. The molecule has 1 aromatic heterocycles. The second-order valence-electron chi connectivity index (χ2n) is 7.40. The Morgan fingerprint density at radius 3 is 2.56 bits per heavy atom. The molecular formula is C22H24BrN3O4S2. The van der Waals surface area contributed by atoms with Crippen molar-refractivity contribution in [2.24, 2.45) is 4.99 Å². The van der Waals surface area contributed by atoms with E-state index in [-0.39, 0.29) is 4.90 Å². The van der Waals surface area contributed by atoms with E-state index >= 15 is 0 Å². The Labute approximate surface area is 199 Å². The Balaban J connectivity index is 1.65. The molecule has 1 aliphatic heterocycles. The Morgan fingerprint density at radius 1 is 1.16 bits per heavy atom. The highest BCUT2D eigenvalue weighted by atomic mass is 79.9. The van der Waals surface area contributed by atoms with Gasteiger partial charge in [-0.1, -0.05) is 27.3 Å². The smallest absolute Gasteiger partial charge is 0.279 e. The van der Waals surface area contributed by atoms with E-state index in [4.69, 9.17) is 4.74 Å². The van der Waals surface area contributed by atoms with E-state index in [1.165, 1.54) is 39.9 Å². The molecule has 3 aromatic rings. The molecule has 0 aliphatic carbocycles. The van der Waals surface area contributed by atoms with Crippen LogP contribution in [0.1, 0.15) is 30.1 Å². The fourth-order valence-electron chi connectivity index (χ4n) is 3.65. The first-order valence-electron chi connectivity index (χ1n) is 10.5. The predicted molar refractivity (Wildman–Crippen MR) is 128 cm³/mol. The summed E-state index contributed by atoms with van der Waals surface area (Å²) in [6.07, 6.45) is 1.76. The molecule has 0 spiro atoms. The number of carbonyl (C=O) groups is 1. The highest BCUT2D eigenvalue weighted by molar-refractivity contribution is 9.10. The molecule has 0 unspecified atom stereocenters. The van der Waals surface area contributed by atoms with E-state index in [1.54, 1.807) is 0 Å². The summed E-state index contributed by atoms with van der Waals surface area (Å²) < 4.78 is 36.3. The van der Waals surface area contributed by atoms with E-state index < -0.39 is 15.9 Å². The van der Waals surface area contributed by atoms with Gasteiger partial charge in [0, 0.05) is 36.3 Å². The summed E-state index contributed by atoms with van der Waals surface area (Å²) in [6, 6.07) is 12.0. The lowest BCUT2D eigenvalue weighted by Crippen LogP contribution is -2.27. The minimum Gasteiger partial charge on any atom is -0.380 e. The van der Waals surface area contributed by atoms with Gasteiger partial charge in [-0.05, 0) is 62.2 Å². The zero-order valence-corrected chi connectivity index (χ0v) is 20.9. The lowest BCUT2D eigenvalue weighted by Gasteiger charge is -2.15. The van der Waals surface area contributed by atoms with Crippen LogP contribution in [0.3, 0.4) is 0 Å². The predicted octanol–water partition coefficient (Wildman–Crippen LogP) is 4.03. The number of benzene rings is 2. The van der Waals surface area contributed by atoms with Crippen molar-refractivity contribution < 1.29 is 17.9 Å². The molecule has 0 bridgehead atoms. The molecule has 2 aromatic carbocycles. The molecule has 7 nitrogen and oxygen atoms in total. The van der Waals surface area contributed by atoms with Crippen LogP contribution in [0.25, 0.3) is 10.2 Å². The molecule has 2 heterocycles. The van der Waals surface area contributed by atoms with Crippen molar-refractivity contribution in [2.75, 3.05) is 26.3 Å². The highest BCUT2D eigenvalue weighted by Crippen LogP contribution is 2.23. The van der Waals surface area contributed by atoms with Crippen LogP contribution in [-0.2, 0) is 21.3 Å². The third-order valence-corrected chi connectivity index (χ3v) is 8.76. The number of fused-ring (bicyclic) bond motifs is 1. The van der Waals surface area contributed by atoms with Crippen LogP contribution in [0.4, 0.5) is 0 Å². The summed E-state index contributed by atoms with van der Waals surface area (Å²) in [7, 11) is -3.51. The van der Waals surface area contributed by atoms with Crippen molar-refractivity contribution in [3.63, 3.8) is 0 Å². The summed E-state index contributed by atoms with van der Waals surface area (Å²) in [5, 5.41) is 0. The number of rotatable bonds is 7. The minimum absolute atomic E-state index is 0.203. The molecule has 1 fully saturated rings. The van der Waals surface area contributed by atoms with Crippen molar-refractivity contribution >= 4 is 53.4 Å². The molecule has 10 heteroatoms. The second-order valence-corrected chi connectivity index (χ2v) is 11.3. The van der Waals surface area contributed by atoms with Gasteiger partial charge in [0.15, 0.2) is 4.80 Å². The Bertz CT molecular complexity index is 1290. The Kier molecular flexibility index (Phi) is 7.26. The second kappa shape index (κ2) is 9.96. The van der Waals surface area contributed by atoms with Crippen LogP contribution in [0, 0.1) is 0 Å². The molecule has 0 radical (unpaired) electrons. The first-order chi connectivity index (χ1) is 15.4. The van der Waals surface area contributed by atoms with Gasteiger partial charge in [-0.15, -0.1) is 0 Å². The van der Waals surface area contributed by atoms with Crippen LogP contribution in [0.2, 0.25) is 0 Å². The van der Waals surface area contributed by atoms with E-state index in [0.717, 1.165) is 27.5 Å². The third-order valence-electron chi connectivity index (χ3n) is 5.31. The number of hydrogen-bond donors (Lipinski definition) is 0. The van der Waals surface area contributed by atoms with Gasteiger partial charge in [0.1, 0.15) is 0 Å². The van der Waals surface area contributed by atoms with Gasteiger partial charge in [-0.3, -0.25) is 4.79 Å². The number of thiazole rings is 1. The first kappa shape index (κ1) is 23.3. The standard InChI is InChI=1S/C22H24BrN3O4S2/c1-2-30-14-13-26-19-10-7-17(23)15-20(19)31-22(26)24-21(27)16-5-8-18(9-6-16)32(28,29)25-11-3-4-12-25/h5-10,15H,2-4,11-14H2,1H3. The molecule has 0 saturated carbocycles. The van der Waals surface area contributed by atoms with Crippen molar-refractivity contribution in [1.82, 2.24) is 8.87 Å². The lowest BCUT2D eigenvalue weighted by atomic mass is 10.2. The third kappa shape index (κ3) is 4.89. The van der Waals surface area contributed by atoms with Crippen LogP contribution in [0.15, 0.2) is 56.8 Å². The average molecular weight is 538 g/mol. The molecule has 32 heavy (non-hydrogen) atoms. The van der Waals surface area contributed by atoms with Crippen molar-refractivity contribution in [3.05, 3.63) is 57.3 Å². The Morgan fingerprint density at radius 2 is 1.88 bits per heavy atom. The van der Waals surface area contributed by atoms with Crippen LogP contribution in [0.5, 0.6) is 0 Å². The van der Waals surface area contributed by atoms with Gasteiger partial charge < -0.3 is 9.30 Å². The van der Waals surface area contributed by atoms with Gasteiger partial charge in [-0.25, -0.2) is 8.42 Å².